The number of imide groups is 1. The zero-order chi connectivity index (χ0) is 15.7. The largest absolute Gasteiger partial charge is 0.401 e. The normalized spacial score (nSPS) is 31.5. The second kappa shape index (κ2) is 3.89. The van der Waals surface area contributed by atoms with Crippen LogP contribution in [0, 0.1) is 5.41 Å². The van der Waals surface area contributed by atoms with Gasteiger partial charge in [-0.05, 0) is 12.8 Å². The Hall–Kier alpha value is -1.80. The third kappa shape index (κ3) is 1.63. The van der Waals surface area contributed by atoms with Gasteiger partial charge >= 0.3 is 12.2 Å². The van der Waals surface area contributed by atoms with Gasteiger partial charge in [0.05, 0.1) is 0 Å². The molecule has 9 heteroatoms. The van der Waals surface area contributed by atoms with Crippen LogP contribution < -0.4 is 0 Å². The number of aliphatic imine (C=N–C) groups is 1. The van der Waals surface area contributed by atoms with Crippen LogP contribution in [0.15, 0.2) is 4.99 Å². The van der Waals surface area contributed by atoms with Gasteiger partial charge in [-0.3, -0.25) is 9.69 Å². The van der Waals surface area contributed by atoms with Crippen molar-refractivity contribution in [2.24, 2.45) is 10.4 Å². The Labute approximate surface area is 119 Å². The molecule has 2 atom stereocenters. The molecule has 1 aliphatic carbocycles. The average Bonchev–Trinajstić information content (AvgIpc) is 3.13. The molecule has 0 aromatic heterocycles. The fourth-order valence-electron chi connectivity index (χ4n) is 3.07. The third-order valence-corrected chi connectivity index (χ3v) is 4.58. The van der Waals surface area contributed by atoms with Crippen molar-refractivity contribution in [3.8, 4) is 0 Å². The fourth-order valence-corrected chi connectivity index (χ4v) is 3.07. The lowest BCUT2D eigenvalue weighted by Gasteiger charge is -2.39. The number of fused-ring (bicyclic) bond motifs is 1. The molecule has 2 heterocycles. The number of nitrogens with zero attached hydrogens (tertiary/aromatic N) is 4. The van der Waals surface area contributed by atoms with Crippen molar-refractivity contribution in [3.05, 3.63) is 0 Å². The molecule has 2 fully saturated rings. The first-order chi connectivity index (χ1) is 9.62. The Morgan fingerprint density at radius 2 is 1.71 bits per heavy atom. The standard InChI is InChI=1S/C12H15F3N4O2/c1-17-6-7(18(2)10(21)19(3)8(6)20)16-9(17)11(4-5-11)12(13,14)15/h6-7H,4-5H2,1-3H3. The van der Waals surface area contributed by atoms with E-state index in [0.717, 1.165) is 4.90 Å². The molecule has 1 saturated carbocycles. The van der Waals surface area contributed by atoms with E-state index >= 15 is 0 Å². The quantitative estimate of drug-likeness (QED) is 0.723. The van der Waals surface area contributed by atoms with E-state index in [2.05, 4.69) is 4.99 Å². The molecule has 6 nitrogen and oxygen atoms in total. The maximum Gasteiger partial charge on any atom is 0.401 e. The summed E-state index contributed by atoms with van der Waals surface area (Å²) in [6, 6.07) is -1.44. The SMILES string of the molecule is CN1C(=O)C2C(N=C(C3(C(F)(F)F)CC3)N2C)N(C)C1=O. The molecular weight excluding hydrogens is 289 g/mol. The number of halogens is 3. The second-order valence-corrected chi connectivity index (χ2v) is 5.79. The van der Waals surface area contributed by atoms with Crippen LogP contribution in [-0.4, -0.2) is 72.0 Å². The number of rotatable bonds is 1. The van der Waals surface area contributed by atoms with Gasteiger partial charge in [0, 0.05) is 21.1 Å². The van der Waals surface area contributed by atoms with Gasteiger partial charge in [0.1, 0.15) is 11.3 Å². The minimum atomic E-state index is -4.40. The highest BCUT2D eigenvalue weighted by atomic mass is 19.4. The second-order valence-electron chi connectivity index (χ2n) is 5.79. The van der Waals surface area contributed by atoms with E-state index in [1.165, 1.54) is 30.9 Å². The molecule has 21 heavy (non-hydrogen) atoms. The summed E-state index contributed by atoms with van der Waals surface area (Å²) >= 11 is 0. The topological polar surface area (TPSA) is 56.2 Å². The Morgan fingerprint density at radius 1 is 1.14 bits per heavy atom. The van der Waals surface area contributed by atoms with Crippen LogP contribution in [0.3, 0.4) is 0 Å². The highest BCUT2D eigenvalue weighted by molar-refractivity contribution is 6.05. The van der Waals surface area contributed by atoms with Crippen LogP contribution >= 0.6 is 0 Å². The third-order valence-electron chi connectivity index (χ3n) is 4.58. The predicted octanol–water partition coefficient (Wildman–Crippen LogP) is 0.891. The number of carbonyl (C=O) groups excluding carboxylic acids is 2. The summed E-state index contributed by atoms with van der Waals surface area (Å²) < 4.78 is 39.8. The van der Waals surface area contributed by atoms with Gasteiger partial charge in [-0.1, -0.05) is 0 Å². The van der Waals surface area contributed by atoms with Gasteiger partial charge < -0.3 is 9.80 Å². The van der Waals surface area contributed by atoms with Crippen LogP contribution in [0.25, 0.3) is 0 Å². The van der Waals surface area contributed by atoms with Gasteiger partial charge in [-0.25, -0.2) is 9.79 Å². The number of likely N-dealkylation sites (N-methyl/N-ethyl adjacent to an activating group) is 3. The molecule has 0 aromatic rings. The van der Waals surface area contributed by atoms with E-state index in [4.69, 9.17) is 0 Å². The van der Waals surface area contributed by atoms with E-state index in [1.54, 1.807) is 0 Å². The number of hydrogen-bond acceptors (Lipinski definition) is 4. The van der Waals surface area contributed by atoms with Crippen molar-refractivity contribution in [2.75, 3.05) is 21.1 Å². The molecule has 0 bridgehead atoms. The maximum absolute atomic E-state index is 13.3. The predicted molar refractivity (Wildman–Crippen MR) is 66.4 cm³/mol. The molecule has 3 rings (SSSR count). The molecule has 0 aromatic carbocycles. The lowest BCUT2D eigenvalue weighted by molar-refractivity contribution is -0.167. The van der Waals surface area contributed by atoms with Crippen LogP contribution in [0.4, 0.5) is 18.0 Å². The van der Waals surface area contributed by atoms with Crippen molar-refractivity contribution in [1.82, 2.24) is 14.7 Å². The van der Waals surface area contributed by atoms with Gasteiger partial charge in [0.2, 0.25) is 0 Å². The Morgan fingerprint density at radius 3 is 2.19 bits per heavy atom. The first kappa shape index (κ1) is 14.2. The number of hydrogen-bond donors (Lipinski definition) is 0. The van der Waals surface area contributed by atoms with Crippen molar-refractivity contribution >= 4 is 17.8 Å². The highest BCUT2D eigenvalue weighted by Gasteiger charge is 2.70. The zero-order valence-electron chi connectivity index (χ0n) is 11.8. The average molecular weight is 304 g/mol. The Bertz CT molecular complexity index is 555. The van der Waals surface area contributed by atoms with Crippen LogP contribution in [0.5, 0.6) is 0 Å². The Kier molecular flexibility index (Phi) is 2.62. The van der Waals surface area contributed by atoms with Crippen molar-refractivity contribution in [2.45, 2.75) is 31.2 Å². The summed E-state index contributed by atoms with van der Waals surface area (Å²) in [4.78, 5) is 31.6. The smallest absolute Gasteiger partial charge is 0.347 e. The van der Waals surface area contributed by atoms with E-state index < -0.39 is 35.7 Å². The van der Waals surface area contributed by atoms with Gasteiger partial charge in [-0.15, -0.1) is 0 Å². The van der Waals surface area contributed by atoms with Gasteiger partial charge in [0.15, 0.2) is 12.2 Å². The number of urea groups is 1. The molecule has 2 aliphatic heterocycles. The van der Waals surface area contributed by atoms with Crippen molar-refractivity contribution < 1.29 is 22.8 Å². The summed E-state index contributed by atoms with van der Waals surface area (Å²) in [6.07, 6.45) is -5.34. The molecular formula is C12H15F3N4O2. The molecule has 1 saturated heterocycles. The number of amides is 3. The van der Waals surface area contributed by atoms with Gasteiger partial charge in [0.25, 0.3) is 5.91 Å². The monoisotopic (exact) mass is 304 g/mol. The van der Waals surface area contributed by atoms with E-state index in [0.29, 0.717) is 0 Å². The molecule has 0 spiro atoms. The van der Waals surface area contributed by atoms with Crippen LogP contribution in [-0.2, 0) is 4.79 Å². The van der Waals surface area contributed by atoms with E-state index in [9.17, 15) is 22.8 Å². The summed E-state index contributed by atoms with van der Waals surface area (Å²) in [5.41, 5.74) is -1.96. The number of amidine groups is 1. The summed E-state index contributed by atoms with van der Waals surface area (Å²) in [5.74, 6) is -0.657. The van der Waals surface area contributed by atoms with Crippen molar-refractivity contribution in [3.63, 3.8) is 0 Å². The summed E-state index contributed by atoms with van der Waals surface area (Å²) in [5, 5.41) is 0. The first-order valence-electron chi connectivity index (χ1n) is 6.54. The first-order valence-corrected chi connectivity index (χ1v) is 6.54. The highest BCUT2D eigenvalue weighted by Crippen LogP contribution is 2.60. The molecule has 116 valence electrons. The van der Waals surface area contributed by atoms with Crippen molar-refractivity contribution in [1.29, 1.82) is 0 Å². The maximum atomic E-state index is 13.3. The molecule has 0 N–H and O–H groups in total. The van der Waals surface area contributed by atoms with Gasteiger partial charge in [-0.2, -0.15) is 13.2 Å². The summed E-state index contributed by atoms with van der Waals surface area (Å²) in [7, 11) is 4.20. The van der Waals surface area contributed by atoms with Crippen LogP contribution in [0.1, 0.15) is 12.8 Å². The van der Waals surface area contributed by atoms with E-state index in [1.807, 2.05) is 0 Å². The lowest BCUT2D eigenvalue weighted by atomic mass is 10.0. The number of carbonyl (C=O) groups is 2. The molecule has 2 unspecified atom stereocenters. The minimum absolute atomic E-state index is 0.0270. The number of alkyl halides is 3. The summed E-state index contributed by atoms with van der Waals surface area (Å²) in [6.45, 7) is 0. The fraction of sp³-hybridized carbons (Fsp3) is 0.750. The Balaban J connectivity index is 2.01. The zero-order valence-corrected chi connectivity index (χ0v) is 11.8. The van der Waals surface area contributed by atoms with Crippen LogP contribution in [0.2, 0.25) is 0 Å². The molecule has 0 radical (unpaired) electrons. The minimum Gasteiger partial charge on any atom is -0.347 e. The lowest BCUT2D eigenvalue weighted by Crippen LogP contribution is -2.63. The molecule has 3 amide bonds. The van der Waals surface area contributed by atoms with E-state index in [-0.39, 0.29) is 18.7 Å². The molecule has 3 aliphatic rings.